The summed E-state index contributed by atoms with van der Waals surface area (Å²) in [5.74, 6) is -0.0608. The molecule has 1 unspecified atom stereocenters. The number of aliphatic hydroxyl groups is 1. The molecule has 2 N–H and O–H groups in total. The van der Waals surface area contributed by atoms with E-state index in [0.717, 1.165) is 10.0 Å². The third kappa shape index (κ3) is 6.63. The zero-order chi connectivity index (χ0) is 13.6. The molecule has 102 valence electrons. The largest absolute Gasteiger partial charge is 0.441 e. The van der Waals surface area contributed by atoms with Crippen LogP contribution >= 0.6 is 27.7 Å². The van der Waals surface area contributed by atoms with E-state index < -0.39 is 11.6 Å². The quantitative estimate of drug-likeness (QED) is 0.777. The second-order valence-electron chi connectivity index (χ2n) is 3.57. The van der Waals surface area contributed by atoms with Gasteiger partial charge in [-0.25, -0.2) is 0 Å². The van der Waals surface area contributed by atoms with Gasteiger partial charge in [-0.1, -0.05) is 28.1 Å². The number of halogens is 4. The molecule has 18 heavy (non-hydrogen) atoms. The fraction of sp³-hybridized carbons (Fsp3) is 0.455. The Morgan fingerprint density at radius 3 is 2.72 bits per heavy atom. The van der Waals surface area contributed by atoms with Gasteiger partial charge in [0.05, 0.1) is 6.10 Å². The maximum absolute atomic E-state index is 11.8. The molecule has 0 amide bonds. The van der Waals surface area contributed by atoms with E-state index in [-0.39, 0.29) is 30.6 Å². The van der Waals surface area contributed by atoms with Crippen molar-refractivity contribution in [2.24, 2.45) is 0 Å². The van der Waals surface area contributed by atoms with Crippen LogP contribution in [0.4, 0.5) is 13.2 Å². The first kappa shape index (κ1) is 15.8. The first-order valence-electron chi connectivity index (χ1n) is 5.23. The summed E-state index contributed by atoms with van der Waals surface area (Å²) in [4.78, 5) is 0. The summed E-state index contributed by atoms with van der Waals surface area (Å²) in [6.45, 7) is 0.435. The maximum atomic E-state index is 11.8. The van der Waals surface area contributed by atoms with Crippen molar-refractivity contribution in [1.29, 1.82) is 0 Å². The molecular weight excluding hydrogens is 331 g/mol. The van der Waals surface area contributed by atoms with Crippen molar-refractivity contribution in [2.45, 2.75) is 11.6 Å². The third-order valence-corrected chi connectivity index (χ3v) is 3.34. The SMILES string of the molecule is OC(CNCCSC(F)(F)F)c1cccc(Br)c1. The predicted octanol–water partition coefficient (Wildman–Crippen LogP) is 3.33. The summed E-state index contributed by atoms with van der Waals surface area (Å²) in [6.07, 6.45) is -0.724. The average molecular weight is 344 g/mol. The molecule has 1 aromatic carbocycles. The third-order valence-electron chi connectivity index (χ3n) is 2.12. The van der Waals surface area contributed by atoms with Crippen molar-refractivity contribution in [3.63, 3.8) is 0 Å². The van der Waals surface area contributed by atoms with E-state index in [1.165, 1.54) is 0 Å². The Balaban J connectivity index is 2.23. The second kappa shape index (κ2) is 7.37. The molecule has 0 fully saturated rings. The van der Waals surface area contributed by atoms with Crippen molar-refractivity contribution in [3.8, 4) is 0 Å². The van der Waals surface area contributed by atoms with E-state index in [1.54, 1.807) is 18.2 Å². The molecule has 0 aliphatic heterocycles. The Labute approximate surface area is 116 Å². The lowest BCUT2D eigenvalue weighted by Crippen LogP contribution is -2.24. The van der Waals surface area contributed by atoms with Gasteiger partial charge in [0.25, 0.3) is 0 Å². The smallest absolute Gasteiger partial charge is 0.387 e. The van der Waals surface area contributed by atoms with Crippen molar-refractivity contribution < 1.29 is 18.3 Å². The highest BCUT2D eigenvalue weighted by atomic mass is 79.9. The van der Waals surface area contributed by atoms with Crippen molar-refractivity contribution in [2.75, 3.05) is 18.8 Å². The van der Waals surface area contributed by atoms with Crippen LogP contribution in [-0.4, -0.2) is 29.5 Å². The van der Waals surface area contributed by atoms with Crippen molar-refractivity contribution >= 4 is 27.7 Å². The van der Waals surface area contributed by atoms with Crippen molar-refractivity contribution in [3.05, 3.63) is 34.3 Å². The van der Waals surface area contributed by atoms with Gasteiger partial charge in [-0.3, -0.25) is 0 Å². The normalized spacial score (nSPS) is 13.6. The van der Waals surface area contributed by atoms with Gasteiger partial charge in [-0.05, 0) is 29.5 Å². The zero-order valence-electron chi connectivity index (χ0n) is 9.38. The molecule has 1 atom stereocenters. The summed E-state index contributed by atoms with van der Waals surface area (Å²) in [5.41, 5.74) is -3.47. The Kier molecular flexibility index (Phi) is 6.48. The monoisotopic (exact) mass is 343 g/mol. The molecule has 0 bridgehead atoms. The molecule has 1 rings (SSSR count). The highest BCUT2D eigenvalue weighted by Gasteiger charge is 2.27. The predicted molar refractivity (Wildman–Crippen MR) is 70.5 cm³/mol. The van der Waals surface area contributed by atoms with Crippen LogP contribution in [0.1, 0.15) is 11.7 Å². The lowest BCUT2D eigenvalue weighted by Gasteiger charge is -2.12. The molecule has 2 nitrogen and oxygen atoms in total. The number of alkyl halides is 3. The number of thioether (sulfide) groups is 1. The van der Waals surface area contributed by atoms with E-state index in [1.807, 2.05) is 6.07 Å². The molecule has 0 aliphatic rings. The topological polar surface area (TPSA) is 32.3 Å². The Morgan fingerprint density at radius 2 is 2.11 bits per heavy atom. The average Bonchev–Trinajstić information content (AvgIpc) is 2.26. The van der Waals surface area contributed by atoms with Gasteiger partial charge in [0.1, 0.15) is 0 Å². The number of benzene rings is 1. The molecule has 0 aliphatic carbocycles. The first-order valence-corrected chi connectivity index (χ1v) is 7.01. The van der Waals surface area contributed by atoms with Crippen LogP contribution in [0.3, 0.4) is 0 Å². The number of nitrogens with one attached hydrogen (secondary N) is 1. The van der Waals surface area contributed by atoms with E-state index in [9.17, 15) is 18.3 Å². The molecule has 0 saturated heterocycles. The molecule has 0 saturated carbocycles. The number of aliphatic hydroxyl groups excluding tert-OH is 1. The van der Waals surface area contributed by atoms with Crippen LogP contribution in [0.15, 0.2) is 28.7 Å². The minimum Gasteiger partial charge on any atom is -0.387 e. The highest BCUT2D eigenvalue weighted by Crippen LogP contribution is 2.29. The summed E-state index contributed by atoms with van der Waals surface area (Å²) in [7, 11) is 0. The van der Waals surface area contributed by atoms with Gasteiger partial charge >= 0.3 is 5.51 Å². The number of rotatable bonds is 6. The van der Waals surface area contributed by atoms with Crippen LogP contribution in [0.2, 0.25) is 0 Å². The van der Waals surface area contributed by atoms with Crippen LogP contribution in [0.25, 0.3) is 0 Å². The Bertz CT molecular complexity index is 376. The molecule has 0 heterocycles. The first-order chi connectivity index (χ1) is 8.38. The molecule has 0 radical (unpaired) electrons. The lowest BCUT2D eigenvalue weighted by molar-refractivity contribution is -0.0327. The molecule has 0 aromatic heterocycles. The molecule has 7 heteroatoms. The Morgan fingerprint density at radius 1 is 1.39 bits per heavy atom. The van der Waals surface area contributed by atoms with Crippen molar-refractivity contribution in [1.82, 2.24) is 5.32 Å². The van der Waals surface area contributed by atoms with Crippen LogP contribution in [0.5, 0.6) is 0 Å². The summed E-state index contributed by atoms with van der Waals surface area (Å²) in [5, 5.41) is 12.6. The summed E-state index contributed by atoms with van der Waals surface area (Å²) in [6, 6.07) is 7.17. The van der Waals surface area contributed by atoms with Gasteiger partial charge in [0, 0.05) is 23.3 Å². The minimum atomic E-state index is -4.19. The van der Waals surface area contributed by atoms with E-state index in [0.29, 0.717) is 0 Å². The van der Waals surface area contributed by atoms with E-state index >= 15 is 0 Å². The lowest BCUT2D eigenvalue weighted by atomic mass is 10.1. The molecule has 1 aromatic rings. The summed E-state index contributed by atoms with van der Waals surface area (Å²) < 4.78 is 36.3. The Hall–Kier alpha value is -0.240. The second-order valence-corrected chi connectivity index (χ2v) is 5.64. The van der Waals surface area contributed by atoms with Gasteiger partial charge in [-0.2, -0.15) is 13.2 Å². The highest BCUT2D eigenvalue weighted by molar-refractivity contribution is 9.10. The minimum absolute atomic E-state index is 0.0608. The molecule has 0 spiro atoms. The van der Waals surface area contributed by atoms with E-state index in [4.69, 9.17) is 0 Å². The van der Waals surface area contributed by atoms with Gasteiger partial charge < -0.3 is 10.4 Å². The molecular formula is C11H13BrF3NOS. The van der Waals surface area contributed by atoms with Crippen LogP contribution in [0, 0.1) is 0 Å². The van der Waals surface area contributed by atoms with Crippen LogP contribution < -0.4 is 5.32 Å². The van der Waals surface area contributed by atoms with Gasteiger partial charge in [0.15, 0.2) is 0 Å². The summed E-state index contributed by atoms with van der Waals surface area (Å²) >= 11 is 3.22. The standard InChI is InChI=1S/C11H13BrF3NOS/c12-9-3-1-2-8(6-9)10(17)7-16-4-5-18-11(13,14)15/h1-3,6,10,16-17H,4-5,7H2. The van der Waals surface area contributed by atoms with Crippen LogP contribution in [-0.2, 0) is 0 Å². The van der Waals surface area contributed by atoms with Gasteiger partial charge in [-0.15, -0.1) is 0 Å². The fourth-order valence-electron chi connectivity index (χ4n) is 1.31. The van der Waals surface area contributed by atoms with Gasteiger partial charge in [0.2, 0.25) is 0 Å². The number of hydrogen-bond acceptors (Lipinski definition) is 3. The van der Waals surface area contributed by atoms with E-state index in [2.05, 4.69) is 21.2 Å². The fourth-order valence-corrected chi connectivity index (χ4v) is 2.20. The number of hydrogen-bond donors (Lipinski definition) is 2. The zero-order valence-corrected chi connectivity index (χ0v) is 11.8. The maximum Gasteiger partial charge on any atom is 0.441 e.